The molecule has 0 radical (unpaired) electrons. The average Bonchev–Trinajstić information content (AvgIpc) is 3.52. The third kappa shape index (κ3) is 6.24. The summed E-state index contributed by atoms with van der Waals surface area (Å²) in [7, 11) is 0. The molecule has 9 heteroatoms. The van der Waals surface area contributed by atoms with Gasteiger partial charge >= 0.3 is 0 Å². The van der Waals surface area contributed by atoms with Gasteiger partial charge in [0.1, 0.15) is 5.75 Å². The lowest BCUT2D eigenvalue weighted by molar-refractivity contribution is -0.113. The number of aromatic nitrogens is 1. The number of benzene rings is 2. The number of hydrogen-bond acceptors (Lipinski definition) is 7. The Balaban J connectivity index is 1.29. The van der Waals surface area contributed by atoms with Crippen molar-refractivity contribution >= 4 is 45.7 Å². The van der Waals surface area contributed by atoms with Crippen LogP contribution in [0.2, 0.25) is 0 Å². The molecule has 4 rings (SSSR count). The predicted molar refractivity (Wildman–Crippen MR) is 131 cm³/mol. The molecule has 0 unspecified atom stereocenters. The molecule has 168 valence electrons. The minimum absolute atomic E-state index is 0.155. The van der Waals surface area contributed by atoms with Gasteiger partial charge in [-0.2, -0.15) is 0 Å². The quantitative estimate of drug-likeness (QED) is 0.295. The first-order chi connectivity index (χ1) is 16.1. The van der Waals surface area contributed by atoms with Crippen LogP contribution < -0.4 is 15.4 Å². The van der Waals surface area contributed by atoms with Crippen molar-refractivity contribution < 1.29 is 18.7 Å². The highest BCUT2D eigenvalue weighted by Crippen LogP contribution is 2.27. The average molecular weight is 480 g/mol. The van der Waals surface area contributed by atoms with Gasteiger partial charge in [0.25, 0.3) is 5.91 Å². The summed E-state index contributed by atoms with van der Waals surface area (Å²) >= 11 is 2.75. The van der Waals surface area contributed by atoms with E-state index in [1.54, 1.807) is 18.2 Å². The molecule has 0 saturated heterocycles. The molecule has 0 atom stereocenters. The second-order valence-corrected chi connectivity index (χ2v) is 8.70. The van der Waals surface area contributed by atoms with Gasteiger partial charge in [-0.3, -0.25) is 9.59 Å². The first-order valence-electron chi connectivity index (χ1n) is 10.2. The van der Waals surface area contributed by atoms with Gasteiger partial charge in [-0.25, -0.2) is 4.98 Å². The zero-order chi connectivity index (χ0) is 23.0. The van der Waals surface area contributed by atoms with Gasteiger partial charge in [0.2, 0.25) is 5.91 Å². The summed E-state index contributed by atoms with van der Waals surface area (Å²) in [5, 5.41) is 8.07. The molecule has 4 aromatic rings. The SMILES string of the molecule is CCOc1ccc(-c2csc(NC(=O)CSc3cccc(NC(=O)c4ccco4)c3)n2)cc1. The molecule has 0 aliphatic rings. The predicted octanol–water partition coefficient (Wildman–Crippen LogP) is 5.78. The maximum absolute atomic E-state index is 12.4. The molecule has 0 saturated carbocycles. The van der Waals surface area contributed by atoms with E-state index in [1.165, 1.54) is 29.4 Å². The van der Waals surface area contributed by atoms with Crippen molar-refractivity contribution in [1.82, 2.24) is 4.98 Å². The van der Waals surface area contributed by atoms with Crippen LogP contribution in [0.1, 0.15) is 17.5 Å². The molecule has 2 N–H and O–H groups in total. The van der Waals surface area contributed by atoms with Crippen molar-refractivity contribution in [3.05, 3.63) is 78.1 Å². The van der Waals surface area contributed by atoms with E-state index in [0.717, 1.165) is 21.9 Å². The van der Waals surface area contributed by atoms with Crippen molar-refractivity contribution in [2.45, 2.75) is 11.8 Å². The molecule has 0 aliphatic carbocycles. The number of carbonyl (C=O) groups excluding carboxylic acids is 2. The smallest absolute Gasteiger partial charge is 0.291 e. The number of anilines is 2. The van der Waals surface area contributed by atoms with E-state index in [0.29, 0.717) is 17.4 Å². The number of ether oxygens (including phenoxy) is 1. The van der Waals surface area contributed by atoms with Gasteiger partial charge in [0.15, 0.2) is 10.9 Å². The van der Waals surface area contributed by atoms with Gasteiger partial charge in [0.05, 0.1) is 24.3 Å². The number of hydrogen-bond donors (Lipinski definition) is 2. The highest BCUT2D eigenvalue weighted by Gasteiger charge is 2.11. The highest BCUT2D eigenvalue weighted by atomic mass is 32.2. The number of carbonyl (C=O) groups is 2. The normalized spacial score (nSPS) is 10.6. The molecule has 0 aliphatic heterocycles. The van der Waals surface area contributed by atoms with Crippen LogP contribution in [0.3, 0.4) is 0 Å². The number of furan rings is 1. The lowest BCUT2D eigenvalue weighted by Crippen LogP contribution is -2.14. The number of amides is 2. The Hall–Kier alpha value is -3.56. The van der Waals surface area contributed by atoms with E-state index in [-0.39, 0.29) is 23.3 Å². The summed E-state index contributed by atoms with van der Waals surface area (Å²) in [5.41, 5.74) is 2.38. The molecule has 0 fully saturated rings. The fraction of sp³-hybridized carbons (Fsp3) is 0.125. The second-order valence-electron chi connectivity index (χ2n) is 6.79. The molecule has 7 nitrogen and oxygen atoms in total. The van der Waals surface area contributed by atoms with E-state index in [4.69, 9.17) is 9.15 Å². The summed E-state index contributed by atoms with van der Waals surface area (Å²) in [6.45, 7) is 2.56. The first kappa shape index (κ1) is 22.6. The second kappa shape index (κ2) is 10.8. The van der Waals surface area contributed by atoms with Crippen molar-refractivity contribution in [3.63, 3.8) is 0 Å². The van der Waals surface area contributed by atoms with Crippen LogP contribution in [0.5, 0.6) is 5.75 Å². The molecule has 33 heavy (non-hydrogen) atoms. The molecule has 2 amide bonds. The minimum atomic E-state index is -0.327. The number of nitrogens with one attached hydrogen (secondary N) is 2. The number of rotatable bonds is 9. The molecular weight excluding hydrogens is 458 g/mol. The Morgan fingerprint density at radius 2 is 1.94 bits per heavy atom. The van der Waals surface area contributed by atoms with Crippen molar-refractivity contribution in [2.24, 2.45) is 0 Å². The fourth-order valence-electron chi connectivity index (χ4n) is 2.92. The van der Waals surface area contributed by atoms with Crippen LogP contribution >= 0.6 is 23.1 Å². The fourth-order valence-corrected chi connectivity index (χ4v) is 4.41. The molecular formula is C24H21N3O4S2. The minimum Gasteiger partial charge on any atom is -0.494 e. The number of thiazole rings is 1. The third-order valence-corrected chi connectivity index (χ3v) is 6.17. The maximum Gasteiger partial charge on any atom is 0.291 e. The van der Waals surface area contributed by atoms with Crippen LogP contribution in [0.4, 0.5) is 10.8 Å². The van der Waals surface area contributed by atoms with Gasteiger partial charge in [0, 0.05) is 21.5 Å². The number of thioether (sulfide) groups is 1. The van der Waals surface area contributed by atoms with E-state index >= 15 is 0 Å². The van der Waals surface area contributed by atoms with Crippen molar-refractivity contribution in [2.75, 3.05) is 23.0 Å². The molecule has 2 aromatic heterocycles. The molecule has 2 heterocycles. The van der Waals surface area contributed by atoms with Crippen LogP contribution in [-0.4, -0.2) is 29.2 Å². The number of nitrogens with zero attached hydrogens (tertiary/aromatic N) is 1. The van der Waals surface area contributed by atoms with Crippen LogP contribution in [0.15, 0.2) is 81.6 Å². The van der Waals surface area contributed by atoms with Gasteiger partial charge in [-0.05, 0) is 61.5 Å². The van der Waals surface area contributed by atoms with E-state index in [9.17, 15) is 9.59 Å². The monoisotopic (exact) mass is 479 g/mol. The maximum atomic E-state index is 12.4. The van der Waals surface area contributed by atoms with Crippen LogP contribution in [-0.2, 0) is 4.79 Å². The molecule has 0 spiro atoms. The van der Waals surface area contributed by atoms with E-state index in [2.05, 4.69) is 15.6 Å². The van der Waals surface area contributed by atoms with Gasteiger partial charge in [-0.1, -0.05) is 6.07 Å². The lowest BCUT2D eigenvalue weighted by Gasteiger charge is -2.06. The highest BCUT2D eigenvalue weighted by molar-refractivity contribution is 8.00. The summed E-state index contributed by atoms with van der Waals surface area (Å²) in [5.74, 6) is 0.782. The zero-order valence-corrected chi connectivity index (χ0v) is 19.4. The Labute approximate surface area is 199 Å². The van der Waals surface area contributed by atoms with Gasteiger partial charge < -0.3 is 19.8 Å². The molecule has 0 bridgehead atoms. The Morgan fingerprint density at radius 3 is 2.70 bits per heavy atom. The summed E-state index contributed by atoms with van der Waals surface area (Å²) in [4.78, 5) is 29.9. The molecule has 2 aromatic carbocycles. The first-order valence-corrected chi connectivity index (χ1v) is 12.0. The zero-order valence-electron chi connectivity index (χ0n) is 17.7. The topological polar surface area (TPSA) is 93.5 Å². The van der Waals surface area contributed by atoms with E-state index in [1.807, 2.05) is 54.8 Å². The van der Waals surface area contributed by atoms with E-state index < -0.39 is 0 Å². The summed E-state index contributed by atoms with van der Waals surface area (Å²) < 4.78 is 10.6. The van der Waals surface area contributed by atoms with Crippen molar-refractivity contribution in [1.29, 1.82) is 0 Å². The lowest BCUT2D eigenvalue weighted by atomic mass is 10.2. The Morgan fingerprint density at radius 1 is 1.09 bits per heavy atom. The largest absolute Gasteiger partial charge is 0.494 e. The summed E-state index contributed by atoms with van der Waals surface area (Å²) in [6, 6.07) is 18.2. The Bertz CT molecular complexity index is 1220. The van der Waals surface area contributed by atoms with Crippen molar-refractivity contribution in [3.8, 4) is 17.0 Å². The Kier molecular flexibility index (Phi) is 7.43. The summed E-state index contributed by atoms with van der Waals surface area (Å²) in [6.07, 6.45) is 1.45. The van der Waals surface area contributed by atoms with Crippen LogP contribution in [0, 0.1) is 0 Å². The van der Waals surface area contributed by atoms with Crippen LogP contribution in [0.25, 0.3) is 11.3 Å². The van der Waals surface area contributed by atoms with Gasteiger partial charge in [-0.15, -0.1) is 23.1 Å². The third-order valence-electron chi connectivity index (χ3n) is 4.42. The standard InChI is InChI=1S/C24H21N3O4S2/c1-2-30-18-10-8-16(9-11-18)20-14-33-24(26-20)27-22(28)15-32-19-6-3-5-17(13-19)25-23(29)21-7-4-12-31-21/h3-14H,2,15H2,1H3,(H,25,29)(H,26,27,28).